The fourth-order valence-electron chi connectivity index (χ4n) is 2.38. The molecular formula is C13H17N3S2. The molecule has 0 atom stereocenters. The number of nitrogens with zero attached hydrogens (tertiary/aromatic N) is 2. The first kappa shape index (κ1) is 12.2. The number of aryl methyl sites for hydroxylation is 1. The predicted molar refractivity (Wildman–Crippen MR) is 79.8 cm³/mol. The normalized spacial score (nSPS) is 16.6. The molecule has 3 nitrogen and oxygen atoms in total. The minimum atomic E-state index is 0.741. The van der Waals surface area contributed by atoms with Crippen molar-refractivity contribution in [2.24, 2.45) is 0 Å². The van der Waals surface area contributed by atoms with Crippen LogP contribution in [0, 0.1) is 6.92 Å². The van der Waals surface area contributed by atoms with Crippen molar-refractivity contribution in [1.82, 2.24) is 9.97 Å². The van der Waals surface area contributed by atoms with Crippen LogP contribution in [-0.4, -0.2) is 22.3 Å². The number of thioether (sulfide) groups is 1. The molecule has 0 saturated heterocycles. The van der Waals surface area contributed by atoms with Crippen LogP contribution in [0.5, 0.6) is 0 Å². The second kappa shape index (κ2) is 5.05. The molecule has 1 saturated carbocycles. The Bertz CT molecular complexity index is 559. The van der Waals surface area contributed by atoms with E-state index in [2.05, 4.69) is 28.3 Å². The fraction of sp³-hybridized carbons (Fsp3) is 0.538. The maximum atomic E-state index is 4.64. The Balaban J connectivity index is 2.01. The summed E-state index contributed by atoms with van der Waals surface area (Å²) < 4.78 is 0. The minimum Gasteiger partial charge on any atom is -0.357 e. The highest BCUT2D eigenvalue weighted by Gasteiger charge is 2.19. The van der Waals surface area contributed by atoms with E-state index in [4.69, 9.17) is 0 Å². The van der Waals surface area contributed by atoms with E-state index in [0.29, 0.717) is 0 Å². The Morgan fingerprint density at radius 1 is 1.33 bits per heavy atom. The molecule has 2 aromatic rings. The second-order valence-electron chi connectivity index (χ2n) is 4.70. The van der Waals surface area contributed by atoms with Gasteiger partial charge in [-0.25, -0.2) is 9.97 Å². The molecule has 0 bridgehead atoms. The van der Waals surface area contributed by atoms with E-state index in [1.165, 1.54) is 35.9 Å². The first-order chi connectivity index (χ1) is 8.76. The smallest absolute Gasteiger partial charge is 0.224 e. The highest BCUT2D eigenvalue weighted by molar-refractivity contribution is 8.00. The lowest BCUT2D eigenvalue weighted by molar-refractivity contribution is 0.886. The van der Waals surface area contributed by atoms with E-state index < -0.39 is 0 Å². The van der Waals surface area contributed by atoms with Gasteiger partial charge < -0.3 is 5.32 Å². The standard InChI is InChI=1S/C13H17N3S2/c1-8-7-10-11(17-8)15-13(14-2)16-12(10)18-9-5-3-4-6-9/h7,9H,3-6H2,1-2H3,(H,14,15,16). The number of anilines is 1. The molecule has 1 aliphatic rings. The average molecular weight is 279 g/mol. The molecule has 96 valence electrons. The zero-order chi connectivity index (χ0) is 12.5. The summed E-state index contributed by atoms with van der Waals surface area (Å²) in [6, 6.07) is 2.22. The number of fused-ring (bicyclic) bond motifs is 1. The topological polar surface area (TPSA) is 37.8 Å². The van der Waals surface area contributed by atoms with Crippen molar-refractivity contribution in [1.29, 1.82) is 0 Å². The number of hydrogen-bond acceptors (Lipinski definition) is 5. The molecule has 3 rings (SSSR count). The zero-order valence-electron chi connectivity index (χ0n) is 10.7. The van der Waals surface area contributed by atoms with Gasteiger partial charge in [-0.2, -0.15) is 0 Å². The first-order valence-electron chi connectivity index (χ1n) is 6.39. The van der Waals surface area contributed by atoms with Gasteiger partial charge in [0.2, 0.25) is 5.95 Å². The van der Waals surface area contributed by atoms with Crippen molar-refractivity contribution < 1.29 is 0 Å². The van der Waals surface area contributed by atoms with Crippen LogP contribution in [0.1, 0.15) is 30.6 Å². The van der Waals surface area contributed by atoms with E-state index in [1.807, 2.05) is 18.8 Å². The third-order valence-electron chi connectivity index (χ3n) is 3.29. The maximum absolute atomic E-state index is 4.64. The Kier molecular flexibility index (Phi) is 3.43. The van der Waals surface area contributed by atoms with Gasteiger partial charge in [0.15, 0.2) is 0 Å². The van der Waals surface area contributed by atoms with Gasteiger partial charge in [-0.3, -0.25) is 0 Å². The third kappa shape index (κ3) is 2.34. The Morgan fingerprint density at radius 2 is 2.11 bits per heavy atom. The minimum absolute atomic E-state index is 0.741. The molecule has 18 heavy (non-hydrogen) atoms. The zero-order valence-corrected chi connectivity index (χ0v) is 12.3. The van der Waals surface area contributed by atoms with Crippen LogP contribution in [0.25, 0.3) is 10.2 Å². The molecule has 0 radical (unpaired) electrons. The van der Waals surface area contributed by atoms with Crippen LogP contribution < -0.4 is 5.32 Å². The first-order valence-corrected chi connectivity index (χ1v) is 8.08. The van der Waals surface area contributed by atoms with Crippen molar-refractivity contribution in [2.45, 2.75) is 42.9 Å². The van der Waals surface area contributed by atoms with Crippen molar-refractivity contribution in [3.8, 4) is 0 Å². The van der Waals surface area contributed by atoms with Crippen LogP contribution in [0.4, 0.5) is 5.95 Å². The molecule has 0 amide bonds. The lowest BCUT2D eigenvalue weighted by Crippen LogP contribution is -2.00. The van der Waals surface area contributed by atoms with Gasteiger partial charge in [-0.15, -0.1) is 23.1 Å². The predicted octanol–water partition coefficient (Wildman–Crippen LogP) is 4.08. The van der Waals surface area contributed by atoms with Gasteiger partial charge in [-0.05, 0) is 25.8 Å². The summed E-state index contributed by atoms with van der Waals surface area (Å²) in [5, 5.41) is 6.19. The lowest BCUT2D eigenvalue weighted by atomic mass is 10.4. The number of hydrogen-bond donors (Lipinski definition) is 1. The second-order valence-corrected chi connectivity index (χ2v) is 7.23. The lowest BCUT2D eigenvalue weighted by Gasteiger charge is -2.09. The van der Waals surface area contributed by atoms with Gasteiger partial charge >= 0.3 is 0 Å². The molecule has 5 heteroatoms. The van der Waals surface area contributed by atoms with Gasteiger partial charge in [0.05, 0.1) is 0 Å². The van der Waals surface area contributed by atoms with Crippen LogP contribution in [0.2, 0.25) is 0 Å². The van der Waals surface area contributed by atoms with Gasteiger partial charge in [0.1, 0.15) is 9.86 Å². The fourth-order valence-corrected chi connectivity index (χ4v) is 4.63. The maximum Gasteiger partial charge on any atom is 0.224 e. The van der Waals surface area contributed by atoms with Gasteiger partial charge in [0.25, 0.3) is 0 Å². The highest BCUT2D eigenvalue weighted by Crippen LogP contribution is 2.38. The van der Waals surface area contributed by atoms with E-state index in [0.717, 1.165) is 21.1 Å². The highest BCUT2D eigenvalue weighted by atomic mass is 32.2. The molecule has 0 aromatic carbocycles. The van der Waals surface area contributed by atoms with E-state index in [-0.39, 0.29) is 0 Å². The monoisotopic (exact) mass is 279 g/mol. The number of nitrogens with one attached hydrogen (secondary N) is 1. The molecule has 1 N–H and O–H groups in total. The van der Waals surface area contributed by atoms with Crippen LogP contribution in [0.15, 0.2) is 11.1 Å². The van der Waals surface area contributed by atoms with E-state index >= 15 is 0 Å². The third-order valence-corrected chi connectivity index (χ3v) is 5.57. The van der Waals surface area contributed by atoms with Crippen LogP contribution >= 0.6 is 23.1 Å². The molecule has 2 heterocycles. The molecule has 2 aromatic heterocycles. The van der Waals surface area contributed by atoms with Gasteiger partial charge in [-0.1, -0.05) is 12.8 Å². The summed E-state index contributed by atoms with van der Waals surface area (Å²) in [5.74, 6) is 0.741. The van der Waals surface area contributed by atoms with E-state index in [9.17, 15) is 0 Å². The Labute approximate surface area is 115 Å². The van der Waals surface area contributed by atoms with E-state index in [1.54, 1.807) is 11.3 Å². The average Bonchev–Trinajstić information content (AvgIpc) is 2.97. The van der Waals surface area contributed by atoms with Gasteiger partial charge in [0, 0.05) is 22.6 Å². The van der Waals surface area contributed by atoms with Crippen LogP contribution in [0.3, 0.4) is 0 Å². The number of aromatic nitrogens is 2. The number of thiophene rings is 1. The molecule has 0 unspecified atom stereocenters. The molecule has 0 aliphatic heterocycles. The van der Waals surface area contributed by atoms with Crippen molar-refractivity contribution in [3.63, 3.8) is 0 Å². The SMILES string of the molecule is CNc1nc(SC2CCCC2)c2cc(C)sc2n1. The summed E-state index contributed by atoms with van der Waals surface area (Å²) in [4.78, 5) is 11.6. The summed E-state index contributed by atoms with van der Waals surface area (Å²) in [7, 11) is 1.88. The largest absolute Gasteiger partial charge is 0.357 e. The molecule has 1 aliphatic carbocycles. The Morgan fingerprint density at radius 3 is 2.83 bits per heavy atom. The summed E-state index contributed by atoms with van der Waals surface area (Å²) in [6.45, 7) is 2.13. The van der Waals surface area contributed by atoms with Crippen molar-refractivity contribution in [3.05, 3.63) is 10.9 Å². The van der Waals surface area contributed by atoms with Crippen molar-refractivity contribution >= 4 is 39.3 Å². The number of rotatable bonds is 3. The molecule has 0 spiro atoms. The quantitative estimate of drug-likeness (QED) is 0.859. The molecular weight excluding hydrogens is 262 g/mol. The Hall–Kier alpha value is -0.810. The summed E-state index contributed by atoms with van der Waals surface area (Å²) in [6.07, 6.45) is 5.39. The van der Waals surface area contributed by atoms with Crippen LogP contribution in [-0.2, 0) is 0 Å². The van der Waals surface area contributed by atoms with Crippen molar-refractivity contribution in [2.75, 3.05) is 12.4 Å². The molecule has 1 fully saturated rings. The summed E-state index contributed by atoms with van der Waals surface area (Å²) in [5.41, 5.74) is 0. The summed E-state index contributed by atoms with van der Waals surface area (Å²) >= 11 is 3.69.